The van der Waals surface area contributed by atoms with Crippen molar-refractivity contribution < 1.29 is 13.9 Å². The zero-order chi connectivity index (χ0) is 19.2. The molecule has 3 rings (SSSR count). The molecule has 27 heavy (non-hydrogen) atoms. The number of carbonyl (C=O) groups excluding carboxylic acids is 1. The van der Waals surface area contributed by atoms with Gasteiger partial charge in [-0.25, -0.2) is 0 Å². The molecule has 1 N–H and O–H groups in total. The number of hydrogen-bond acceptors (Lipinski definition) is 5. The zero-order valence-corrected chi connectivity index (χ0v) is 16.1. The van der Waals surface area contributed by atoms with Crippen LogP contribution in [0.2, 0.25) is 0 Å². The van der Waals surface area contributed by atoms with Crippen LogP contribution in [0.1, 0.15) is 28.1 Å². The molecule has 0 amide bonds. The summed E-state index contributed by atoms with van der Waals surface area (Å²) in [6.45, 7) is 4.19. The van der Waals surface area contributed by atoms with Gasteiger partial charge in [0.15, 0.2) is 12.0 Å². The molecule has 0 radical (unpaired) electrons. The van der Waals surface area contributed by atoms with Crippen molar-refractivity contribution in [2.24, 2.45) is 0 Å². The molecular weight excluding hydrogens is 340 g/mol. The lowest BCUT2D eigenvalue weighted by Gasteiger charge is -2.13. The Balaban J connectivity index is 1.46. The SMILES string of the molecule is Cc1c(C=O)oc2cccc(OCCCNCc3ccc(N(C)C)cc3)c12. The molecule has 2 aromatic carbocycles. The van der Waals surface area contributed by atoms with E-state index in [1.54, 1.807) is 0 Å². The molecule has 0 bridgehead atoms. The normalized spacial score (nSPS) is 10.9. The highest BCUT2D eigenvalue weighted by atomic mass is 16.5. The van der Waals surface area contributed by atoms with E-state index in [4.69, 9.17) is 9.15 Å². The number of anilines is 1. The number of nitrogens with one attached hydrogen (secondary N) is 1. The summed E-state index contributed by atoms with van der Waals surface area (Å²) in [5, 5.41) is 4.32. The minimum Gasteiger partial charge on any atom is -0.493 e. The summed E-state index contributed by atoms with van der Waals surface area (Å²) in [6.07, 6.45) is 1.64. The summed E-state index contributed by atoms with van der Waals surface area (Å²) in [5.41, 5.74) is 3.98. The topological polar surface area (TPSA) is 54.7 Å². The van der Waals surface area contributed by atoms with E-state index in [0.29, 0.717) is 18.0 Å². The molecule has 0 unspecified atom stereocenters. The monoisotopic (exact) mass is 366 g/mol. The Labute approximate surface area is 159 Å². The second kappa shape index (κ2) is 8.73. The first-order chi connectivity index (χ1) is 13.1. The van der Waals surface area contributed by atoms with E-state index in [9.17, 15) is 4.79 Å². The quantitative estimate of drug-likeness (QED) is 0.455. The summed E-state index contributed by atoms with van der Waals surface area (Å²) < 4.78 is 11.5. The van der Waals surface area contributed by atoms with Crippen LogP contribution in [0.5, 0.6) is 5.75 Å². The van der Waals surface area contributed by atoms with Gasteiger partial charge < -0.3 is 19.4 Å². The second-order valence-electron chi connectivity index (χ2n) is 6.78. The summed E-state index contributed by atoms with van der Waals surface area (Å²) in [5.74, 6) is 1.13. The predicted octanol–water partition coefficient (Wildman–Crippen LogP) is 4.18. The molecule has 0 aliphatic rings. The van der Waals surface area contributed by atoms with Crippen LogP contribution in [0.3, 0.4) is 0 Å². The Morgan fingerprint density at radius 1 is 1.15 bits per heavy atom. The largest absolute Gasteiger partial charge is 0.493 e. The number of rotatable bonds is 9. The molecule has 5 nitrogen and oxygen atoms in total. The van der Waals surface area contributed by atoms with Crippen molar-refractivity contribution in [1.29, 1.82) is 0 Å². The third kappa shape index (κ3) is 4.49. The van der Waals surface area contributed by atoms with E-state index in [2.05, 4.69) is 34.5 Å². The first-order valence-corrected chi connectivity index (χ1v) is 9.17. The standard InChI is InChI=1S/C22H26N2O3/c1-16-21(15-25)27-20-7-4-6-19(22(16)20)26-13-5-12-23-14-17-8-10-18(11-9-17)24(2)3/h4,6-11,15,23H,5,12-14H2,1-3H3. The number of aldehydes is 1. The fraction of sp³-hybridized carbons (Fsp3) is 0.318. The van der Waals surface area contributed by atoms with Crippen LogP contribution in [0.15, 0.2) is 46.9 Å². The second-order valence-corrected chi connectivity index (χ2v) is 6.78. The Morgan fingerprint density at radius 2 is 1.93 bits per heavy atom. The van der Waals surface area contributed by atoms with Crippen LogP contribution in [0.4, 0.5) is 5.69 Å². The maximum atomic E-state index is 11.1. The van der Waals surface area contributed by atoms with Crippen LogP contribution in [-0.2, 0) is 6.54 Å². The fourth-order valence-corrected chi connectivity index (χ4v) is 3.04. The fourth-order valence-electron chi connectivity index (χ4n) is 3.04. The number of hydrogen-bond donors (Lipinski definition) is 1. The summed E-state index contributed by atoms with van der Waals surface area (Å²) in [6, 6.07) is 14.2. The van der Waals surface area contributed by atoms with Crippen LogP contribution < -0.4 is 15.0 Å². The lowest BCUT2D eigenvalue weighted by Crippen LogP contribution is -2.17. The summed E-state index contributed by atoms with van der Waals surface area (Å²) in [4.78, 5) is 13.2. The smallest absolute Gasteiger partial charge is 0.185 e. The van der Waals surface area contributed by atoms with Gasteiger partial charge in [-0.2, -0.15) is 0 Å². The van der Waals surface area contributed by atoms with E-state index in [1.165, 1.54) is 11.3 Å². The zero-order valence-electron chi connectivity index (χ0n) is 16.1. The predicted molar refractivity (Wildman–Crippen MR) is 109 cm³/mol. The van der Waals surface area contributed by atoms with Gasteiger partial charge >= 0.3 is 0 Å². The number of ether oxygens (including phenoxy) is 1. The maximum Gasteiger partial charge on any atom is 0.185 e. The van der Waals surface area contributed by atoms with Crippen molar-refractivity contribution >= 4 is 22.9 Å². The average molecular weight is 366 g/mol. The average Bonchev–Trinajstić information content (AvgIpc) is 3.01. The summed E-state index contributed by atoms with van der Waals surface area (Å²) in [7, 11) is 4.08. The van der Waals surface area contributed by atoms with Gasteiger partial charge in [0.05, 0.1) is 12.0 Å². The van der Waals surface area contributed by atoms with Crippen molar-refractivity contribution in [2.45, 2.75) is 19.9 Å². The molecule has 142 valence electrons. The third-order valence-electron chi connectivity index (χ3n) is 4.60. The van der Waals surface area contributed by atoms with E-state index < -0.39 is 0 Å². The van der Waals surface area contributed by atoms with Gasteiger partial charge in [0, 0.05) is 31.9 Å². The molecule has 0 saturated heterocycles. The molecule has 5 heteroatoms. The van der Waals surface area contributed by atoms with Gasteiger partial charge in [-0.3, -0.25) is 4.79 Å². The van der Waals surface area contributed by atoms with Crippen molar-refractivity contribution in [3.8, 4) is 5.75 Å². The lowest BCUT2D eigenvalue weighted by molar-refractivity contribution is 0.110. The molecular formula is C22H26N2O3. The number of nitrogens with zero attached hydrogens (tertiary/aromatic N) is 1. The van der Waals surface area contributed by atoms with Crippen LogP contribution in [-0.4, -0.2) is 33.5 Å². The summed E-state index contributed by atoms with van der Waals surface area (Å²) >= 11 is 0. The van der Waals surface area contributed by atoms with Crippen LogP contribution in [0, 0.1) is 6.92 Å². The van der Waals surface area contributed by atoms with Gasteiger partial charge in [-0.1, -0.05) is 18.2 Å². The molecule has 3 aromatic rings. The molecule has 0 aliphatic heterocycles. The third-order valence-corrected chi connectivity index (χ3v) is 4.60. The van der Waals surface area contributed by atoms with Crippen LogP contribution in [0.25, 0.3) is 11.0 Å². The molecule has 0 saturated carbocycles. The Bertz CT molecular complexity index is 898. The van der Waals surface area contributed by atoms with E-state index in [-0.39, 0.29) is 0 Å². The highest BCUT2D eigenvalue weighted by Crippen LogP contribution is 2.32. The number of fused-ring (bicyclic) bond motifs is 1. The lowest BCUT2D eigenvalue weighted by atomic mass is 10.1. The van der Waals surface area contributed by atoms with E-state index >= 15 is 0 Å². The molecule has 0 fully saturated rings. The maximum absolute atomic E-state index is 11.1. The minimum absolute atomic E-state index is 0.364. The van der Waals surface area contributed by atoms with Gasteiger partial charge in [-0.05, 0) is 49.7 Å². The Morgan fingerprint density at radius 3 is 2.63 bits per heavy atom. The number of benzene rings is 2. The van der Waals surface area contributed by atoms with Crippen molar-refractivity contribution in [3.05, 3.63) is 59.4 Å². The molecule has 0 aliphatic carbocycles. The van der Waals surface area contributed by atoms with Crippen LogP contribution >= 0.6 is 0 Å². The van der Waals surface area contributed by atoms with Crippen molar-refractivity contribution in [3.63, 3.8) is 0 Å². The van der Waals surface area contributed by atoms with Gasteiger partial charge in [-0.15, -0.1) is 0 Å². The molecule has 0 atom stereocenters. The van der Waals surface area contributed by atoms with E-state index in [0.717, 1.165) is 42.5 Å². The van der Waals surface area contributed by atoms with Crippen molar-refractivity contribution in [2.75, 3.05) is 32.1 Å². The highest BCUT2D eigenvalue weighted by molar-refractivity contribution is 5.93. The number of furan rings is 1. The Hall–Kier alpha value is -2.79. The molecule has 1 heterocycles. The highest BCUT2D eigenvalue weighted by Gasteiger charge is 2.13. The number of carbonyl (C=O) groups is 1. The Kier molecular flexibility index (Phi) is 6.14. The molecule has 0 spiro atoms. The van der Waals surface area contributed by atoms with Gasteiger partial charge in [0.2, 0.25) is 0 Å². The molecule has 1 aromatic heterocycles. The van der Waals surface area contributed by atoms with Gasteiger partial charge in [0.1, 0.15) is 11.3 Å². The minimum atomic E-state index is 0.364. The van der Waals surface area contributed by atoms with Crippen molar-refractivity contribution in [1.82, 2.24) is 5.32 Å². The van der Waals surface area contributed by atoms with E-state index in [1.807, 2.05) is 39.2 Å². The first kappa shape index (κ1) is 19.0. The number of aryl methyl sites for hydroxylation is 1. The first-order valence-electron chi connectivity index (χ1n) is 9.17. The van der Waals surface area contributed by atoms with Gasteiger partial charge in [0.25, 0.3) is 0 Å².